The molecule has 0 spiro atoms. The van der Waals surface area contributed by atoms with Crippen LogP contribution in [0.5, 0.6) is 0 Å². The quantitative estimate of drug-likeness (QED) is 0.566. The molecule has 3 aromatic rings. The zero-order chi connectivity index (χ0) is 11.1. The molecule has 6 nitrogen and oxygen atoms in total. The summed E-state index contributed by atoms with van der Waals surface area (Å²) in [7, 11) is 0. The number of H-pyrrole nitrogens is 2. The first-order valence-electron chi connectivity index (χ1n) is 4.67. The standard InChI is InChI=1S/C10H8N4O2/c11-9-6(4-12-16-9)5-2-1-3-7-8(5)14-10(15)13-7/h1-4H,11H2,(H2,13,14,15). The molecule has 0 fully saturated rings. The van der Waals surface area contributed by atoms with Crippen molar-refractivity contribution >= 4 is 16.9 Å². The van der Waals surface area contributed by atoms with Crippen molar-refractivity contribution in [3.05, 3.63) is 34.9 Å². The summed E-state index contributed by atoms with van der Waals surface area (Å²) < 4.78 is 4.80. The van der Waals surface area contributed by atoms with Gasteiger partial charge in [-0.3, -0.25) is 0 Å². The van der Waals surface area contributed by atoms with Crippen LogP contribution < -0.4 is 11.4 Å². The van der Waals surface area contributed by atoms with E-state index in [-0.39, 0.29) is 11.6 Å². The lowest BCUT2D eigenvalue weighted by Crippen LogP contribution is -1.99. The molecule has 80 valence electrons. The predicted molar refractivity (Wildman–Crippen MR) is 58.8 cm³/mol. The second kappa shape index (κ2) is 2.99. The van der Waals surface area contributed by atoms with Crippen LogP contribution in [0.1, 0.15) is 0 Å². The van der Waals surface area contributed by atoms with Crippen molar-refractivity contribution < 1.29 is 4.52 Å². The van der Waals surface area contributed by atoms with E-state index in [1.165, 1.54) is 6.20 Å². The summed E-state index contributed by atoms with van der Waals surface area (Å²) in [6.45, 7) is 0. The van der Waals surface area contributed by atoms with Gasteiger partial charge in [-0.05, 0) is 6.07 Å². The lowest BCUT2D eigenvalue weighted by Gasteiger charge is -1.98. The summed E-state index contributed by atoms with van der Waals surface area (Å²) in [5.74, 6) is 0.231. The van der Waals surface area contributed by atoms with Crippen LogP contribution in [-0.4, -0.2) is 15.1 Å². The molecule has 0 aliphatic carbocycles. The third kappa shape index (κ3) is 1.13. The van der Waals surface area contributed by atoms with Crippen molar-refractivity contribution in [3.8, 4) is 11.1 Å². The van der Waals surface area contributed by atoms with E-state index >= 15 is 0 Å². The minimum atomic E-state index is -0.252. The topological polar surface area (TPSA) is 101 Å². The maximum Gasteiger partial charge on any atom is 0.323 e. The zero-order valence-corrected chi connectivity index (χ0v) is 8.15. The number of nitrogen functional groups attached to an aromatic ring is 1. The van der Waals surface area contributed by atoms with E-state index in [9.17, 15) is 4.79 Å². The van der Waals surface area contributed by atoms with E-state index in [2.05, 4.69) is 15.1 Å². The largest absolute Gasteiger partial charge is 0.367 e. The molecule has 0 saturated carbocycles. The number of nitrogens with one attached hydrogen (secondary N) is 2. The molecule has 0 bridgehead atoms. The number of fused-ring (bicyclic) bond motifs is 1. The van der Waals surface area contributed by atoms with E-state index in [0.29, 0.717) is 11.1 Å². The Morgan fingerprint density at radius 2 is 2.12 bits per heavy atom. The highest BCUT2D eigenvalue weighted by atomic mass is 16.5. The molecule has 16 heavy (non-hydrogen) atoms. The number of para-hydroxylation sites is 1. The highest BCUT2D eigenvalue weighted by molar-refractivity contribution is 5.93. The van der Waals surface area contributed by atoms with E-state index in [4.69, 9.17) is 10.3 Å². The van der Waals surface area contributed by atoms with Crippen LogP contribution in [0.25, 0.3) is 22.2 Å². The number of nitrogens with two attached hydrogens (primary N) is 1. The molecule has 0 aliphatic rings. The average Bonchev–Trinajstić information content (AvgIpc) is 2.82. The number of imidazole rings is 1. The summed E-state index contributed by atoms with van der Waals surface area (Å²) in [4.78, 5) is 16.6. The van der Waals surface area contributed by atoms with Gasteiger partial charge in [0.05, 0.1) is 22.8 Å². The molecule has 4 N–H and O–H groups in total. The van der Waals surface area contributed by atoms with Crippen LogP contribution in [0, 0.1) is 0 Å². The first kappa shape index (κ1) is 8.78. The number of benzene rings is 1. The minimum Gasteiger partial charge on any atom is -0.367 e. The van der Waals surface area contributed by atoms with Gasteiger partial charge in [0, 0.05) is 5.56 Å². The zero-order valence-electron chi connectivity index (χ0n) is 8.15. The lowest BCUT2D eigenvalue weighted by atomic mass is 10.1. The Morgan fingerprint density at radius 3 is 2.88 bits per heavy atom. The molecule has 2 aromatic heterocycles. The van der Waals surface area contributed by atoms with Crippen LogP contribution in [0.4, 0.5) is 5.88 Å². The third-order valence-corrected chi connectivity index (χ3v) is 2.44. The molecule has 0 saturated heterocycles. The fraction of sp³-hybridized carbons (Fsp3) is 0. The van der Waals surface area contributed by atoms with Crippen molar-refractivity contribution in [2.75, 3.05) is 5.73 Å². The molecular formula is C10H8N4O2. The second-order valence-corrected chi connectivity index (χ2v) is 3.41. The normalized spacial score (nSPS) is 11.0. The Bertz CT molecular complexity index is 707. The molecule has 0 atom stereocenters. The maximum absolute atomic E-state index is 11.2. The maximum atomic E-state index is 11.2. The Balaban J connectivity index is 2.40. The highest BCUT2D eigenvalue weighted by Gasteiger charge is 2.11. The van der Waals surface area contributed by atoms with Crippen LogP contribution in [-0.2, 0) is 0 Å². The van der Waals surface area contributed by atoms with E-state index < -0.39 is 0 Å². The van der Waals surface area contributed by atoms with Crippen molar-refractivity contribution in [2.24, 2.45) is 0 Å². The fourth-order valence-electron chi connectivity index (χ4n) is 1.73. The molecule has 2 heterocycles. The van der Waals surface area contributed by atoms with Gasteiger partial charge >= 0.3 is 5.69 Å². The summed E-state index contributed by atoms with van der Waals surface area (Å²) in [5, 5.41) is 3.61. The smallest absolute Gasteiger partial charge is 0.323 e. The van der Waals surface area contributed by atoms with Gasteiger partial charge in [0.1, 0.15) is 0 Å². The number of aromatic nitrogens is 3. The fourth-order valence-corrected chi connectivity index (χ4v) is 1.73. The monoisotopic (exact) mass is 216 g/mol. The number of nitrogens with zero attached hydrogens (tertiary/aromatic N) is 1. The van der Waals surface area contributed by atoms with Gasteiger partial charge in [-0.25, -0.2) is 4.79 Å². The number of rotatable bonds is 1. The summed E-state index contributed by atoms with van der Waals surface area (Å²) >= 11 is 0. The van der Waals surface area contributed by atoms with Crippen molar-refractivity contribution in [1.82, 2.24) is 15.1 Å². The first-order valence-corrected chi connectivity index (χ1v) is 4.67. The molecule has 1 aromatic carbocycles. The molecule has 0 radical (unpaired) electrons. The molecule has 6 heteroatoms. The summed E-state index contributed by atoms with van der Waals surface area (Å²) in [6, 6.07) is 5.48. The van der Waals surface area contributed by atoms with Crippen molar-refractivity contribution in [3.63, 3.8) is 0 Å². The Labute approximate surface area is 89.1 Å². The van der Waals surface area contributed by atoms with Crippen LogP contribution >= 0.6 is 0 Å². The van der Waals surface area contributed by atoms with E-state index in [0.717, 1.165) is 11.1 Å². The number of hydrogen-bond donors (Lipinski definition) is 3. The second-order valence-electron chi connectivity index (χ2n) is 3.41. The molecule has 3 rings (SSSR count). The first-order chi connectivity index (χ1) is 7.75. The molecule has 0 unspecified atom stereocenters. The number of anilines is 1. The van der Waals surface area contributed by atoms with E-state index in [1.807, 2.05) is 12.1 Å². The van der Waals surface area contributed by atoms with Crippen molar-refractivity contribution in [2.45, 2.75) is 0 Å². The Kier molecular flexibility index (Phi) is 1.64. The molecule has 0 amide bonds. The molecule has 0 aliphatic heterocycles. The van der Waals surface area contributed by atoms with Gasteiger partial charge in [-0.2, -0.15) is 0 Å². The third-order valence-electron chi connectivity index (χ3n) is 2.44. The lowest BCUT2D eigenvalue weighted by molar-refractivity contribution is 0.436. The summed E-state index contributed by atoms with van der Waals surface area (Å²) in [5.41, 5.74) is 8.26. The summed E-state index contributed by atoms with van der Waals surface area (Å²) in [6.07, 6.45) is 1.52. The predicted octanol–water partition coefficient (Wildman–Crippen LogP) is 1.09. The van der Waals surface area contributed by atoms with Gasteiger partial charge < -0.3 is 20.2 Å². The Morgan fingerprint density at radius 1 is 1.25 bits per heavy atom. The van der Waals surface area contributed by atoms with Gasteiger partial charge in [-0.1, -0.05) is 17.3 Å². The molecular weight excluding hydrogens is 208 g/mol. The Hall–Kier alpha value is -2.50. The average molecular weight is 216 g/mol. The van der Waals surface area contributed by atoms with Crippen LogP contribution in [0.2, 0.25) is 0 Å². The minimum absolute atomic E-state index is 0.231. The van der Waals surface area contributed by atoms with Gasteiger partial charge in [0.2, 0.25) is 5.88 Å². The SMILES string of the molecule is Nc1oncc1-c1cccc2[nH]c(=O)[nH]c12. The highest BCUT2D eigenvalue weighted by Crippen LogP contribution is 2.29. The van der Waals surface area contributed by atoms with Gasteiger partial charge in [-0.15, -0.1) is 0 Å². The van der Waals surface area contributed by atoms with Crippen LogP contribution in [0.3, 0.4) is 0 Å². The van der Waals surface area contributed by atoms with Crippen molar-refractivity contribution in [1.29, 1.82) is 0 Å². The number of hydrogen-bond acceptors (Lipinski definition) is 4. The van der Waals surface area contributed by atoms with Gasteiger partial charge in [0.15, 0.2) is 0 Å². The van der Waals surface area contributed by atoms with Gasteiger partial charge in [0.25, 0.3) is 0 Å². The van der Waals surface area contributed by atoms with E-state index in [1.54, 1.807) is 6.07 Å². The number of aromatic amines is 2. The van der Waals surface area contributed by atoms with Crippen LogP contribution in [0.15, 0.2) is 33.7 Å².